The predicted octanol–water partition coefficient (Wildman–Crippen LogP) is 0.588. The summed E-state index contributed by atoms with van der Waals surface area (Å²) in [7, 11) is 0. The van der Waals surface area contributed by atoms with E-state index < -0.39 is 5.72 Å². The number of carbonyl (C=O) groups excluding carboxylic acids is 1. The summed E-state index contributed by atoms with van der Waals surface area (Å²) in [6.45, 7) is 1.53. The average Bonchev–Trinajstić information content (AvgIpc) is 2.40. The largest absolute Gasteiger partial charge is 0.371 e. The molecule has 5 nitrogen and oxygen atoms in total. The summed E-state index contributed by atoms with van der Waals surface area (Å²) in [4.78, 5) is 17.7. The summed E-state index contributed by atoms with van der Waals surface area (Å²) in [5, 5.41) is 10.2. The lowest BCUT2D eigenvalue weighted by Gasteiger charge is -2.30. The smallest absolute Gasteiger partial charge is 0.227 e. The maximum atomic E-state index is 12.1. The Morgan fingerprint density at radius 3 is 2.78 bits per heavy atom. The number of hydrogen-bond donors (Lipinski definition) is 2. The lowest BCUT2D eigenvalue weighted by molar-refractivity contribution is -0.137. The second-order valence-electron chi connectivity index (χ2n) is 4.78. The van der Waals surface area contributed by atoms with Crippen LogP contribution in [0.4, 0.5) is 0 Å². The van der Waals surface area contributed by atoms with Crippen molar-refractivity contribution in [1.82, 2.24) is 9.88 Å². The van der Waals surface area contributed by atoms with Gasteiger partial charge in [0.1, 0.15) is 5.72 Å². The minimum Gasteiger partial charge on any atom is -0.371 e. The van der Waals surface area contributed by atoms with Crippen LogP contribution in [0.2, 0.25) is 0 Å². The molecule has 2 heterocycles. The van der Waals surface area contributed by atoms with Gasteiger partial charge in [0.15, 0.2) is 0 Å². The number of nitrogens with two attached hydrogens (primary N) is 1. The Hall–Kier alpha value is -1.46. The van der Waals surface area contributed by atoms with Crippen molar-refractivity contribution in [1.29, 1.82) is 0 Å². The van der Waals surface area contributed by atoms with E-state index in [9.17, 15) is 9.90 Å². The zero-order valence-electron chi connectivity index (χ0n) is 10.4. The molecule has 0 saturated carbocycles. The van der Waals surface area contributed by atoms with Gasteiger partial charge in [0, 0.05) is 31.0 Å². The van der Waals surface area contributed by atoms with Crippen LogP contribution in [0.1, 0.15) is 31.2 Å². The van der Waals surface area contributed by atoms with Crippen molar-refractivity contribution >= 4 is 5.91 Å². The third-order valence-electron chi connectivity index (χ3n) is 3.29. The van der Waals surface area contributed by atoms with E-state index in [1.165, 1.54) is 12.6 Å². The van der Waals surface area contributed by atoms with E-state index in [0.29, 0.717) is 5.56 Å². The summed E-state index contributed by atoms with van der Waals surface area (Å²) in [5.41, 5.74) is 4.65. The van der Waals surface area contributed by atoms with Gasteiger partial charge in [0.25, 0.3) is 0 Å². The number of piperidine rings is 1. The Labute approximate surface area is 107 Å². The maximum absolute atomic E-state index is 12.1. The van der Waals surface area contributed by atoms with Crippen LogP contribution in [0.3, 0.4) is 0 Å². The quantitative estimate of drug-likeness (QED) is 0.768. The Morgan fingerprint density at radius 1 is 1.44 bits per heavy atom. The number of aromatic nitrogens is 1. The van der Waals surface area contributed by atoms with Gasteiger partial charge in [-0.15, -0.1) is 0 Å². The van der Waals surface area contributed by atoms with Crippen LogP contribution in [-0.4, -0.2) is 34.0 Å². The molecule has 1 aliphatic heterocycles. The number of amides is 1. The highest BCUT2D eigenvalue weighted by Gasteiger charge is 2.30. The van der Waals surface area contributed by atoms with Crippen molar-refractivity contribution in [2.75, 3.05) is 13.1 Å². The van der Waals surface area contributed by atoms with Crippen LogP contribution in [0.15, 0.2) is 24.5 Å². The van der Waals surface area contributed by atoms with E-state index in [4.69, 9.17) is 5.73 Å². The molecule has 98 valence electrons. The van der Waals surface area contributed by atoms with E-state index >= 15 is 0 Å². The summed E-state index contributed by atoms with van der Waals surface area (Å²) in [6.07, 6.45) is 6.22. The van der Waals surface area contributed by atoms with Crippen molar-refractivity contribution < 1.29 is 9.90 Å². The van der Waals surface area contributed by atoms with E-state index in [0.717, 1.165) is 25.9 Å². The molecule has 1 aliphatic rings. The molecule has 0 spiro atoms. The van der Waals surface area contributed by atoms with Gasteiger partial charge >= 0.3 is 0 Å². The normalized spacial score (nSPS) is 19.3. The molecule has 2 rings (SSSR count). The van der Waals surface area contributed by atoms with Gasteiger partial charge in [0.05, 0.1) is 6.42 Å². The van der Waals surface area contributed by atoms with Crippen molar-refractivity contribution in [2.45, 2.75) is 31.4 Å². The SMILES string of the molecule is NC(O)(CC(=O)N1CCCCC1)c1cccnc1. The molecular weight excluding hydrogens is 230 g/mol. The second-order valence-corrected chi connectivity index (χ2v) is 4.78. The first-order chi connectivity index (χ1) is 8.59. The topological polar surface area (TPSA) is 79.5 Å². The highest BCUT2D eigenvalue weighted by Crippen LogP contribution is 2.20. The molecule has 1 unspecified atom stereocenters. The zero-order valence-corrected chi connectivity index (χ0v) is 10.4. The molecule has 1 aromatic heterocycles. The minimum absolute atomic E-state index is 0.0939. The molecule has 1 saturated heterocycles. The molecule has 1 amide bonds. The Bertz CT molecular complexity index is 400. The number of rotatable bonds is 3. The molecule has 0 radical (unpaired) electrons. The number of nitrogens with zero attached hydrogens (tertiary/aromatic N) is 2. The monoisotopic (exact) mass is 249 g/mol. The predicted molar refractivity (Wildman–Crippen MR) is 67.4 cm³/mol. The van der Waals surface area contributed by atoms with Gasteiger partial charge in [-0.3, -0.25) is 15.5 Å². The third-order valence-corrected chi connectivity index (χ3v) is 3.29. The minimum atomic E-state index is -1.64. The van der Waals surface area contributed by atoms with Gasteiger partial charge in [-0.25, -0.2) is 0 Å². The first-order valence-corrected chi connectivity index (χ1v) is 6.29. The fourth-order valence-corrected chi connectivity index (χ4v) is 2.21. The molecule has 1 aromatic rings. The van der Waals surface area contributed by atoms with Crippen molar-refractivity contribution in [2.24, 2.45) is 5.73 Å². The maximum Gasteiger partial charge on any atom is 0.227 e. The van der Waals surface area contributed by atoms with Gasteiger partial charge in [-0.2, -0.15) is 0 Å². The highest BCUT2D eigenvalue weighted by atomic mass is 16.3. The highest BCUT2D eigenvalue weighted by molar-refractivity contribution is 5.77. The first kappa shape index (κ1) is 13.0. The Morgan fingerprint density at radius 2 is 2.17 bits per heavy atom. The van der Waals surface area contributed by atoms with Crippen LogP contribution in [0.5, 0.6) is 0 Å². The van der Waals surface area contributed by atoms with Crippen LogP contribution in [-0.2, 0) is 10.5 Å². The standard InChI is InChI=1S/C13H19N3O2/c14-13(18,11-5-4-6-15-10-11)9-12(17)16-7-2-1-3-8-16/h4-6,10,18H,1-3,7-9,14H2. The van der Waals surface area contributed by atoms with E-state index in [1.807, 2.05) is 0 Å². The van der Waals surface area contributed by atoms with E-state index in [1.54, 1.807) is 23.2 Å². The molecule has 3 N–H and O–H groups in total. The summed E-state index contributed by atoms with van der Waals surface area (Å²) in [5.74, 6) is -0.0939. The lowest BCUT2D eigenvalue weighted by Crippen LogP contribution is -2.44. The number of aliphatic hydroxyl groups is 1. The number of carbonyl (C=O) groups is 1. The average molecular weight is 249 g/mol. The Balaban J connectivity index is 2.01. The molecule has 0 aromatic carbocycles. The lowest BCUT2D eigenvalue weighted by atomic mass is 10.0. The first-order valence-electron chi connectivity index (χ1n) is 6.29. The molecule has 18 heavy (non-hydrogen) atoms. The van der Waals surface area contributed by atoms with E-state index in [-0.39, 0.29) is 12.3 Å². The second kappa shape index (κ2) is 5.46. The summed E-state index contributed by atoms with van der Waals surface area (Å²) < 4.78 is 0. The fraction of sp³-hybridized carbons (Fsp3) is 0.538. The molecule has 0 aliphatic carbocycles. The molecule has 5 heteroatoms. The third kappa shape index (κ3) is 3.05. The molecule has 0 bridgehead atoms. The zero-order chi connectivity index (χ0) is 13.0. The Kier molecular flexibility index (Phi) is 3.93. The van der Waals surface area contributed by atoms with Crippen LogP contribution in [0.25, 0.3) is 0 Å². The van der Waals surface area contributed by atoms with E-state index in [2.05, 4.69) is 4.98 Å². The van der Waals surface area contributed by atoms with Crippen molar-refractivity contribution in [3.63, 3.8) is 0 Å². The number of likely N-dealkylation sites (tertiary alicyclic amines) is 1. The van der Waals surface area contributed by atoms with Crippen molar-refractivity contribution in [3.05, 3.63) is 30.1 Å². The molecule has 1 atom stereocenters. The number of pyridine rings is 1. The van der Waals surface area contributed by atoms with Gasteiger partial charge in [-0.05, 0) is 25.3 Å². The fourth-order valence-electron chi connectivity index (χ4n) is 2.21. The van der Waals surface area contributed by atoms with Crippen LogP contribution >= 0.6 is 0 Å². The van der Waals surface area contributed by atoms with Gasteiger partial charge in [-0.1, -0.05) is 6.07 Å². The number of hydrogen-bond acceptors (Lipinski definition) is 4. The summed E-state index contributed by atoms with van der Waals surface area (Å²) in [6, 6.07) is 3.37. The molecule has 1 fully saturated rings. The van der Waals surface area contributed by atoms with Crippen LogP contribution < -0.4 is 5.73 Å². The summed E-state index contributed by atoms with van der Waals surface area (Å²) >= 11 is 0. The van der Waals surface area contributed by atoms with Crippen molar-refractivity contribution in [3.8, 4) is 0 Å². The van der Waals surface area contributed by atoms with Gasteiger partial charge in [0.2, 0.25) is 5.91 Å². The molecular formula is C13H19N3O2. The van der Waals surface area contributed by atoms with Crippen LogP contribution in [0, 0.1) is 0 Å². The van der Waals surface area contributed by atoms with Gasteiger partial charge < -0.3 is 10.0 Å².